The van der Waals surface area contributed by atoms with E-state index in [0.29, 0.717) is 11.5 Å². The molecule has 1 unspecified atom stereocenters. The van der Waals surface area contributed by atoms with Gasteiger partial charge in [-0.3, -0.25) is 4.79 Å². The van der Waals surface area contributed by atoms with Gasteiger partial charge >= 0.3 is 0 Å². The third-order valence-electron chi connectivity index (χ3n) is 5.70. The Morgan fingerprint density at radius 3 is 2.54 bits per heavy atom. The number of amides is 1. The van der Waals surface area contributed by atoms with Gasteiger partial charge in [-0.1, -0.05) is 37.3 Å². The summed E-state index contributed by atoms with van der Waals surface area (Å²) in [5.74, 6) is 0.933. The van der Waals surface area contributed by atoms with Crippen molar-refractivity contribution in [1.29, 1.82) is 5.26 Å². The molecule has 3 atom stereocenters. The van der Waals surface area contributed by atoms with Crippen LogP contribution in [-0.4, -0.2) is 11.9 Å². The van der Waals surface area contributed by atoms with Gasteiger partial charge in [-0.05, 0) is 42.5 Å². The van der Waals surface area contributed by atoms with Crippen LogP contribution in [0.4, 0.5) is 11.4 Å². The molecule has 1 N–H and O–H groups in total. The Hall–Kier alpha value is -2.80. The number of carbonyl (C=O) groups excluding carboxylic acids is 1. The van der Waals surface area contributed by atoms with Crippen LogP contribution in [0, 0.1) is 23.2 Å². The number of para-hydroxylation sites is 2. The molecular weight excluding hydrogens is 322 g/mol. The minimum atomic E-state index is 0.0712. The van der Waals surface area contributed by atoms with Crippen molar-refractivity contribution in [3.8, 4) is 6.07 Å². The maximum atomic E-state index is 12.5. The SMILES string of the molecule is CC(=O)N1c2ccccc2C(Nc2ccccc2C#N)[C@@H](C)[C@@H]1C1CC1. The predicted molar refractivity (Wildman–Crippen MR) is 103 cm³/mol. The average molecular weight is 345 g/mol. The van der Waals surface area contributed by atoms with Gasteiger partial charge < -0.3 is 10.2 Å². The molecule has 2 aromatic carbocycles. The van der Waals surface area contributed by atoms with E-state index in [1.807, 2.05) is 47.4 Å². The normalized spacial score (nSPS) is 24.5. The van der Waals surface area contributed by atoms with Crippen molar-refractivity contribution in [3.05, 3.63) is 59.7 Å². The second-order valence-electron chi connectivity index (χ2n) is 7.41. The molecule has 0 radical (unpaired) electrons. The Morgan fingerprint density at radius 1 is 1.15 bits per heavy atom. The molecule has 1 aliphatic carbocycles. The van der Waals surface area contributed by atoms with Gasteiger partial charge in [-0.15, -0.1) is 0 Å². The van der Waals surface area contributed by atoms with Crippen LogP contribution < -0.4 is 10.2 Å². The van der Waals surface area contributed by atoms with Gasteiger partial charge in [0.05, 0.1) is 17.3 Å². The van der Waals surface area contributed by atoms with E-state index in [-0.39, 0.29) is 23.9 Å². The zero-order valence-corrected chi connectivity index (χ0v) is 15.1. The number of anilines is 2. The lowest BCUT2D eigenvalue weighted by atomic mass is 9.80. The molecule has 4 heteroatoms. The zero-order valence-electron chi connectivity index (χ0n) is 15.1. The first kappa shape index (κ1) is 16.7. The van der Waals surface area contributed by atoms with Crippen LogP contribution in [0.5, 0.6) is 0 Å². The van der Waals surface area contributed by atoms with Gasteiger partial charge in [0.25, 0.3) is 0 Å². The molecule has 4 rings (SSSR count). The lowest BCUT2D eigenvalue weighted by Gasteiger charge is -2.46. The van der Waals surface area contributed by atoms with Crippen molar-refractivity contribution in [3.63, 3.8) is 0 Å². The highest BCUT2D eigenvalue weighted by Crippen LogP contribution is 2.50. The lowest BCUT2D eigenvalue weighted by molar-refractivity contribution is -0.117. The topological polar surface area (TPSA) is 56.1 Å². The smallest absolute Gasteiger partial charge is 0.224 e. The number of fused-ring (bicyclic) bond motifs is 1. The summed E-state index contributed by atoms with van der Waals surface area (Å²) < 4.78 is 0. The highest BCUT2D eigenvalue weighted by Gasteiger charge is 2.47. The van der Waals surface area contributed by atoms with Crippen molar-refractivity contribution in [1.82, 2.24) is 0 Å². The zero-order chi connectivity index (χ0) is 18.3. The van der Waals surface area contributed by atoms with Gasteiger partial charge in [0.2, 0.25) is 5.91 Å². The van der Waals surface area contributed by atoms with Crippen molar-refractivity contribution >= 4 is 17.3 Å². The Kier molecular flexibility index (Phi) is 4.16. The van der Waals surface area contributed by atoms with Crippen molar-refractivity contribution < 1.29 is 4.79 Å². The third-order valence-corrected chi connectivity index (χ3v) is 5.70. The number of benzene rings is 2. The molecule has 26 heavy (non-hydrogen) atoms. The average Bonchev–Trinajstić information content (AvgIpc) is 3.48. The van der Waals surface area contributed by atoms with E-state index >= 15 is 0 Å². The summed E-state index contributed by atoms with van der Waals surface area (Å²) in [6.45, 7) is 3.89. The maximum Gasteiger partial charge on any atom is 0.224 e. The second-order valence-corrected chi connectivity index (χ2v) is 7.41. The molecule has 0 bridgehead atoms. The van der Waals surface area contributed by atoms with Gasteiger partial charge in [-0.25, -0.2) is 0 Å². The van der Waals surface area contributed by atoms with Crippen molar-refractivity contribution in [2.75, 3.05) is 10.2 Å². The number of hydrogen-bond acceptors (Lipinski definition) is 3. The molecule has 1 amide bonds. The van der Waals surface area contributed by atoms with Gasteiger partial charge in [0, 0.05) is 24.6 Å². The fourth-order valence-corrected chi connectivity index (χ4v) is 4.39. The van der Waals surface area contributed by atoms with Crippen LogP contribution in [0.25, 0.3) is 0 Å². The first-order valence-corrected chi connectivity index (χ1v) is 9.26. The summed E-state index contributed by atoms with van der Waals surface area (Å²) in [5.41, 5.74) is 3.63. The number of rotatable bonds is 3. The molecule has 1 fully saturated rings. The molecule has 0 spiro atoms. The summed E-state index contributed by atoms with van der Waals surface area (Å²) in [6.07, 6.45) is 2.37. The molecule has 4 nitrogen and oxygen atoms in total. The summed E-state index contributed by atoms with van der Waals surface area (Å²) in [6, 6.07) is 18.3. The van der Waals surface area contributed by atoms with Crippen LogP contribution >= 0.6 is 0 Å². The van der Waals surface area contributed by atoms with Crippen LogP contribution in [0.2, 0.25) is 0 Å². The first-order valence-electron chi connectivity index (χ1n) is 9.26. The van der Waals surface area contributed by atoms with E-state index in [2.05, 4.69) is 24.4 Å². The molecular formula is C22H23N3O. The van der Waals surface area contributed by atoms with Crippen molar-refractivity contribution in [2.24, 2.45) is 11.8 Å². The minimum absolute atomic E-state index is 0.0712. The lowest BCUT2D eigenvalue weighted by Crippen LogP contribution is -2.51. The standard InChI is InChI=1S/C22H23N3O/c1-14-21(24-19-9-5-3-7-17(19)13-23)18-8-4-6-10-20(18)25(15(2)26)22(14)16-11-12-16/h3-10,14,16,21-22,24H,11-12H2,1-2H3/t14-,21?,22-/m1/s1. The number of nitrogens with zero attached hydrogens (tertiary/aromatic N) is 2. The van der Waals surface area contributed by atoms with E-state index in [4.69, 9.17) is 0 Å². The maximum absolute atomic E-state index is 12.5. The van der Waals surface area contributed by atoms with Crippen LogP contribution in [0.3, 0.4) is 0 Å². The van der Waals surface area contributed by atoms with Crippen LogP contribution in [0.15, 0.2) is 48.5 Å². The number of nitriles is 1. The third kappa shape index (κ3) is 2.74. The largest absolute Gasteiger partial charge is 0.377 e. The van der Waals surface area contributed by atoms with E-state index in [1.54, 1.807) is 6.92 Å². The molecule has 132 valence electrons. The van der Waals surface area contributed by atoms with E-state index < -0.39 is 0 Å². The fraction of sp³-hybridized carbons (Fsp3) is 0.364. The Morgan fingerprint density at radius 2 is 1.85 bits per heavy atom. The van der Waals surface area contributed by atoms with E-state index in [0.717, 1.165) is 16.9 Å². The Bertz CT molecular complexity index is 881. The van der Waals surface area contributed by atoms with Crippen LogP contribution in [0.1, 0.15) is 43.9 Å². The first-order chi connectivity index (χ1) is 12.6. The van der Waals surface area contributed by atoms with Gasteiger partial charge in [0.1, 0.15) is 6.07 Å². The number of carbonyl (C=O) groups is 1. The summed E-state index contributed by atoms with van der Waals surface area (Å²) in [5, 5.41) is 13.0. The highest BCUT2D eigenvalue weighted by molar-refractivity contribution is 5.94. The molecule has 2 aliphatic rings. The van der Waals surface area contributed by atoms with Crippen molar-refractivity contribution in [2.45, 2.75) is 38.8 Å². The molecule has 0 saturated heterocycles. The predicted octanol–water partition coefficient (Wildman–Crippen LogP) is 4.49. The number of hydrogen-bond donors (Lipinski definition) is 1. The minimum Gasteiger partial charge on any atom is -0.377 e. The summed E-state index contributed by atoms with van der Waals surface area (Å²) >= 11 is 0. The molecule has 1 aliphatic heterocycles. The van der Waals surface area contributed by atoms with Crippen LogP contribution in [-0.2, 0) is 4.79 Å². The quantitative estimate of drug-likeness (QED) is 0.891. The highest BCUT2D eigenvalue weighted by atomic mass is 16.2. The molecule has 2 aromatic rings. The molecule has 1 saturated carbocycles. The molecule has 1 heterocycles. The fourth-order valence-electron chi connectivity index (χ4n) is 4.39. The van der Waals surface area contributed by atoms with Gasteiger partial charge in [0.15, 0.2) is 0 Å². The molecule has 0 aromatic heterocycles. The monoisotopic (exact) mass is 345 g/mol. The Labute approximate surface area is 154 Å². The van der Waals surface area contributed by atoms with E-state index in [1.165, 1.54) is 12.8 Å². The van der Waals surface area contributed by atoms with E-state index in [9.17, 15) is 10.1 Å². The summed E-state index contributed by atoms with van der Waals surface area (Å²) in [7, 11) is 0. The van der Waals surface area contributed by atoms with Gasteiger partial charge in [-0.2, -0.15) is 5.26 Å². The number of nitrogens with one attached hydrogen (secondary N) is 1. The Balaban J connectivity index is 1.80. The summed E-state index contributed by atoms with van der Waals surface area (Å²) in [4.78, 5) is 14.5. The second kappa shape index (κ2) is 6.49.